The molecule has 2 bridgehead atoms. The average molecular weight is 335 g/mol. The van der Waals surface area contributed by atoms with Crippen LogP contribution in [-0.2, 0) is 4.74 Å². The van der Waals surface area contributed by atoms with Gasteiger partial charge in [-0.05, 0) is 13.0 Å². The predicted octanol–water partition coefficient (Wildman–Crippen LogP) is 2.47. The molecule has 0 radical (unpaired) electrons. The van der Waals surface area contributed by atoms with Crippen molar-refractivity contribution in [1.29, 1.82) is 0 Å². The minimum absolute atomic E-state index is 0.139. The SMILES string of the molecule is CC1OC2CC(Nc3c2ccc2c3C(=O)c3ccccc3C2=O)C1O. The van der Waals surface area contributed by atoms with Crippen molar-refractivity contribution in [2.24, 2.45) is 0 Å². The molecule has 1 aliphatic carbocycles. The van der Waals surface area contributed by atoms with E-state index in [1.54, 1.807) is 30.3 Å². The monoisotopic (exact) mass is 335 g/mol. The lowest BCUT2D eigenvalue weighted by Gasteiger charge is -2.44. The molecule has 25 heavy (non-hydrogen) atoms. The topological polar surface area (TPSA) is 75.6 Å². The second-order valence-corrected chi connectivity index (χ2v) is 6.96. The molecule has 5 rings (SSSR count). The Morgan fingerprint density at radius 1 is 1.04 bits per heavy atom. The number of hydrogen-bond acceptors (Lipinski definition) is 5. The molecule has 2 aromatic rings. The van der Waals surface area contributed by atoms with Gasteiger partial charge in [0, 0.05) is 28.7 Å². The molecule has 0 aromatic heterocycles. The van der Waals surface area contributed by atoms with E-state index in [2.05, 4.69) is 5.32 Å². The highest BCUT2D eigenvalue weighted by Gasteiger charge is 2.43. The van der Waals surface area contributed by atoms with Crippen LogP contribution >= 0.6 is 0 Å². The minimum atomic E-state index is -0.651. The summed E-state index contributed by atoms with van der Waals surface area (Å²) in [6, 6.07) is 10.3. The first-order valence-corrected chi connectivity index (χ1v) is 8.51. The fraction of sp³-hybridized carbons (Fsp3) is 0.300. The Hall–Kier alpha value is -2.50. The maximum absolute atomic E-state index is 13.1. The zero-order valence-electron chi connectivity index (χ0n) is 13.7. The number of fused-ring (bicyclic) bond motifs is 7. The highest BCUT2D eigenvalue weighted by Crippen LogP contribution is 2.45. The van der Waals surface area contributed by atoms with E-state index >= 15 is 0 Å². The molecule has 2 aliphatic heterocycles. The summed E-state index contributed by atoms with van der Waals surface area (Å²) in [4.78, 5) is 25.9. The molecule has 1 saturated heterocycles. The molecule has 5 heteroatoms. The third-order valence-electron chi connectivity index (χ3n) is 5.54. The number of nitrogens with one attached hydrogen (secondary N) is 1. The smallest absolute Gasteiger partial charge is 0.196 e. The molecular weight excluding hydrogens is 318 g/mol. The lowest BCUT2D eigenvalue weighted by molar-refractivity contribution is -0.119. The molecule has 0 amide bonds. The summed E-state index contributed by atoms with van der Waals surface area (Å²) in [6.07, 6.45) is -0.457. The van der Waals surface area contributed by atoms with E-state index in [9.17, 15) is 14.7 Å². The van der Waals surface area contributed by atoms with E-state index in [1.807, 2.05) is 13.0 Å². The van der Waals surface area contributed by atoms with E-state index < -0.39 is 6.10 Å². The largest absolute Gasteiger partial charge is 0.388 e. The first kappa shape index (κ1) is 14.8. The number of aliphatic hydroxyl groups is 1. The number of aliphatic hydroxyl groups excluding tert-OH is 1. The van der Waals surface area contributed by atoms with Gasteiger partial charge in [-0.25, -0.2) is 0 Å². The number of carbonyl (C=O) groups excluding carboxylic acids is 2. The number of benzene rings is 2. The summed E-state index contributed by atoms with van der Waals surface area (Å²) in [5.41, 5.74) is 3.21. The second kappa shape index (κ2) is 5.00. The Morgan fingerprint density at radius 3 is 2.52 bits per heavy atom. The molecule has 2 heterocycles. The van der Waals surface area contributed by atoms with Gasteiger partial charge in [0.25, 0.3) is 0 Å². The van der Waals surface area contributed by atoms with Gasteiger partial charge < -0.3 is 15.2 Å². The summed E-state index contributed by atoms with van der Waals surface area (Å²) in [6.45, 7) is 1.85. The van der Waals surface area contributed by atoms with Gasteiger partial charge in [0.2, 0.25) is 0 Å². The van der Waals surface area contributed by atoms with Crippen molar-refractivity contribution in [3.63, 3.8) is 0 Å². The van der Waals surface area contributed by atoms with Crippen LogP contribution in [0, 0.1) is 0 Å². The zero-order chi connectivity index (χ0) is 17.3. The second-order valence-electron chi connectivity index (χ2n) is 6.96. The van der Waals surface area contributed by atoms with Gasteiger partial charge in [0.1, 0.15) is 6.10 Å². The third kappa shape index (κ3) is 1.91. The van der Waals surface area contributed by atoms with E-state index in [1.165, 1.54) is 0 Å². The Kier molecular flexibility index (Phi) is 2.96. The summed E-state index contributed by atoms with van der Waals surface area (Å²) in [5.74, 6) is -0.294. The molecule has 4 atom stereocenters. The highest BCUT2D eigenvalue weighted by molar-refractivity contribution is 6.30. The first-order valence-electron chi connectivity index (χ1n) is 8.51. The van der Waals surface area contributed by atoms with Crippen LogP contribution in [0.1, 0.15) is 56.9 Å². The number of carbonyl (C=O) groups is 2. The van der Waals surface area contributed by atoms with Gasteiger partial charge in [0.15, 0.2) is 11.6 Å². The quantitative estimate of drug-likeness (QED) is 0.660. The van der Waals surface area contributed by atoms with Crippen LogP contribution in [0.15, 0.2) is 36.4 Å². The molecular formula is C20H17NO4. The summed E-state index contributed by atoms with van der Waals surface area (Å²) >= 11 is 0. The van der Waals surface area contributed by atoms with Crippen molar-refractivity contribution >= 4 is 17.3 Å². The van der Waals surface area contributed by atoms with Crippen molar-refractivity contribution in [2.45, 2.75) is 37.7 Å². The number of rotatable bonds is 0. The Bertz CT molecular complexity index is 935. The third-order valence-corrected chi connectivity index (χ3v) is 5.54. The van der Waals surface area contributed by atoms with Crippen molar-refractivity contribution in [2.75, 3.05) is 5.32 Å². The Morgan fingerprint density at radius 2 is 1.76 bits per heavy atom. The molecule has 2 aromatic carbocycles. The molecule has 3 aliphatic rings. The van der Waals surface area contributed by atoms with Crippen molar-refractivity contribution in [1.82, 2.24) is 0 Å². The fourth-order valence-corrected chi connectivity index (χ4v) is 4.25. The molecule has 2 N–H and O–H groups in total. The minimum Gasteiger partial charge on any atom is -0.388 e. The molecule has 126 valence electrons. The van der Waals surface area contributed by atoms with Crippen LogP contribution in [0.3, 0.4) is 0 Å². The van der Waals surface area contributed by atoms with Crippen LogP contribution in [-0.4, -0.2) is 34.9 Å². The molecule has 0 saturated carbocycles. The van der Waals surface area contributed by atoms with Crippen LogP contribution in [0.25, 0.3) is 0 Å². The fourth-order valence-electron chi connectivity index (χ4n) is 4.25. The van der Waals surface area contributed by atoms with Crippen molar-refractivity contribution in [3.8, 4) is 0 Å². The van der Waals surface area contributed by atoms with Gasteiger partial charge in [-0.3, -0.25) is 9.59 Å². The number of hydrogen-bond donors (Lipinski definition) is 2. The highest BCUT2D eigenvalue weighted by atomic mass is 16.5. The van der Waals surface area contributed by atoms with E-state index in [0.717, 1.165) is 5.56 Å². The van der Waals surface area contributed by atoms with Gasteiger partial charge in [-0.15, -0.1) is 0 Å². The van der Waals surface area contributed by atoms with Crippen molar-refractivity contribution < 1.29 is 19.4 Å². The zero-order valence-corrected chi connectivity index (χ0v) is 13.7. The number of ketones is 2. The van der Waals surface area contributed by atoms with Gasteiger partial charge in [-0.1, -0.05) is 30.3 Å². The van der Waals surface area contributed by atoms with Crippen LogP contribution < -0.4 is 5.32 Å². The summed E-state index contributed by atoms with van der Waals surface area (Å²) < 4.78 is 5.93. The van der Waals surface area contributed by atoms with Gasteiger partial charge in [0.05, 0.1) is 29.5 Å². The predicted molar refractivity (Wildman–Crippen MR) is 91.1 cm³/mol. The molecule has 4 unspecified atom stereocenters. The van der Waals surface area contributed by atoms with Gasteiger partial charge in [-0.2, -0.15) is 0 Å². The van der Waals surface area contributed by atoms with Crippen molar-refractivity contribution in [3.05, 3.63) is 64.2 Å². The Labute approximate surface area is 144 Å². The van der Waals surface area contributed by atoms with Crippen LogP contribution in [0.2, 0.25) is 0 Å². The van der Waals surface area contributed by atoms with Crippen LogP contribution in [0.4, 0.5) is 5.69 Å². The van der Waals surface area contributed by atoms with E-state index in [0.29, 0.717) is 34.4 Å². The maximum atomic E-state index is 13.1. The van der Waals surface area contributed by atoms with E-state index in [-0.39, 0.29) is 29.8 Å². The van der Waals surface area contributed by atoms with Gasteiger partial charge >= 0.3 is 0 Å². The average Bonchev–Trinajstić information content (AvgIpc) is 2.63. The summed E-state index contributed by atoms with van der Waals surface area (Å²) in [7, 11) is 0. The molecule has 5 nitrogen and oxygen atoms in total. The van der Waals surface area contributed by atoms with Crippen LogP contribution in [0.5, 0.6) is 0 Å². The van der Waals surface area contributed by atoms with E-state index in [4.69, 9.17) is 4.74 Å². The molecule has 1 fully saturated rings. The standard InChI is InChI=1S/C20H17NO4/c1-9-18(22)14-8-15(25-9)12-6-7-13-16(17(12)21-14)20(24)11-5-3-2-4-10(11)19(13)23/h2-7,9,14-15,18,21-22H,8H2,1H3. The maximum Gasteiger partial charge on any atom is 0.196 e. The first-order chi connectivity index (χ1) is 12.1. The normalized spacial score (nSPS) is 29.4. The lowest BCUT2D eigenvalue weighted by Crippen LogP contribution is -2.50. The molecule has 0 spiro atoms. The Balaban J connectivity index is 1.72. The number of anilines is 1. The summed E-state index contributed by atoms with van der Waals surface area (Å²) in [5, 5.41) is 13.7. The number of ether oxygens (including phenoxy) is 1. The lowest BCUT2D eigenvalue weighted by atomic mass is 9.78.